The number of halogens is 2. The fourth-order valence-electron chi connectivity index (χ4n) is 1.87. The average molecular weight is 265 g/mol. The Morgan fingerprint density at radius 1 is 1.21 bits per heavy atom. The lowest BCUT2D eigenvalue weighted by molar-refractivity contribution is 0.545. The molecule has 0 unspecified atom stereocenters. The van der Waals surface area contributed by atoms with E-state index in [1.807, 2.05) is 10.8 Å². The van der Waals surface area contributed by atoms with Crippen molar-refractivity contribution in [2.24, 2.45) is 0 Å². The number of imidazole rings is 1. The number of benzene rings is 1. The predicted octanol–water partition coefficient (Wildman–Crippen LogP) is 2.73. The van der Waals surface area contributed by atoms with Gasteiger partial charge in [-0.05, 0) is 37.6 Å². The Labute approximate surface area is 111 Å². The van der Waals surface area contributed by atoms with Crippen LogP contribution in [-0.2, 0) is 13.1 Å². The molecule has 19 heavy (non-hydrogen) atoms. The highest BCUT2D eigenvalue weighted by Crippen LogP contribution is 2.09. The van der Waals surface area contributed by atoms with Crippen LogP contribution in [0.15, 0.2) is 36.9 Å². The molecule has 0 aliphatic heterocycles. The minimum absolute atomic E-state index is 0.356. The van der Waals surface area contributed by atoms with Crippen molar-refractivity contribution in [1.29, 1.82) is 0 Å². The molecule has 0 aliphatic carbocycles. The Hall–Kier alpha value is -1.75. The zero-order valence-electron chi connectivity index (χ0n) is 10.6. The number of hydrogen-bond acceptors (Lipinski definition) is 2. The molecule has 0 saturated heterocycles. The van der Waals surface area contributed by atoms with Crippen LogP contribution in [-0.4, -0.2) is 16.1 Å². The summed E-state index contributed by atoms with van der Waals surface area (Å²) in [5, 5.41) is 3.12. The molecule has 0 bridgehead atoms. The van der Waals surface area contributed by atoms with Crippen molar-refractivity contribution in [2.75, 3.05) is 6.54 Å². The quantitative estimate of drug-likeness (QED) is 0.780. The summed E-state index contributed by atoms with van der Waals surface area (Å²) in [5.41, 5.74) is 0.370. The van der Waals surface area contributed by atoms with E-state index < -0.39 is 5.82 Å². The van der Waals surface area contributed by atoms with Gasteiger partial charge in [0, 0.05) is 31.0 Å². The number of hydrogen-bond donors (Lipinski definition) is 1. The lowest BCUT2D eigenvalue weighted by Crippen LogP contribution is -2.16. The van der Waals surface area contributed by atoms with Crippen molar-refractivity contribution < 1.29 is 8.78 Å². The molecule has 2 rings (SSSR count). The van der Waals surface area contributed by atoms with Gasteiger partial charge in [0.05, 0.1) is 6.33 Å². The number of nitrogens with zero attached hydrogens (tertiary/aromatic N) is 2. The first-order valence-electron chi connectivity index (χ1n) is 6.36. The fraction of sp³-hybridized carbons (Fsp3) is 0.357. The number of rotatable bonds is 7. The van der Waals surface area contributed by atoms with Crippen LogP contribution in [0, 0.1) is 11.6 Å². The molecule has 102 valence electrons. The molecule has 0 radical (unpaired) electrons. The van der Waals surface area contributed by atoms with Crippen molar-refractivity contribution in [3.05, 3.63) is 54.1 Å². The molecule has 1 aromatic heterocycles. The first-order valence-corrected chi connectivity index (χ1v) is 6.36. The van der Waals surface area contributed by atoms with E-state index in [0.717, 1.165) is 38.1 Å². The normalized spacial score (nSPS) is 10.8. The van der Waals surface area contributed by atoms with Crippen molar-refractivity contribution in [2.45, 2.75) is 25.9 Å². The maximum Gasteiger partial charge on any atom is 0.127 e. The highest BCUT2D eigenvalue weighted by Gasteiger charge is 2.02. The van der Waals surface area contributed by atoms with E-state index in [9.17, 15) is 8.78 Å². The van der Waals surface area contributed by atoms with Gasteiger partial charge < -0.3 is 9.88 Å². The van der Waals surface area contributed by atoms with E-state index in [0.29, 0.717) is 12.1 Å². The second-order valence-corrected chi connectivity index (χ2v) is 4.42. The van der Waals surface area contributed by atoms with Crippen LogP contribution in [0.5, 0.6) is 0 Å². The zero-order valence-corrected chi connectivity index (χ0v) is 10.6. The maximum atomic E-state index is 13.3. The molecule has 1 N–H and O–H groups in total. The first-order chi connectivity index (χ1) is 9.25. The number of nitrogens with one attached hydrogen (secondary N) is 1. The molecule has 0 spiro atoms. The van der Waals surface area contributed by atoms with Gasteiger partial charge in [-0.3, -0.25) is 0 Å². The zero-order chi connectivity index (χ0) is 13.5. The van der Waals surface area contributed by atoms with Crippen LogP contribution in [0.25, 0.3) is 0 Å². The van der Waals surface area contributed by atoms with E-state index in [-0.39, 0.29) is 5.82 Å². The van der Waals surface area contributed by atoms with Crippen LogP contribution in [0.1, 0.15) is 18.4 Å². The highest BCUT2D eigenvalue weighted by molar-refractivity contribution is 5.18. The second-order valence-electron chi connectivity index (χ2n) is 4.42. The molecule has 1 aromatic carbocycles. The predicted molar refractivity (Wildman–Crippen MR) is 69.5 cm³/mol. The highest BCUT2D eigenvalue weighted by atomic mass is 19.1. The van der Waals surface area contributed by atoms with E-state index in [1.165, 1.54) is 6.07 Å². The summed E-state index contributed by atoms with van der Waals surface area (Å²) in [6.45, 7) is 2.06. The molecule has 1 heterocycles. The fourth-order valence-corrected chi connectivity index (χ4v) is 1.87. The molecular weight excluding hydrogens is 248 g/mol. The molecule has 2 aromatic rings. The second kappa shape index (κ2) is 6.99. The lowest BCUT2D eigenvalue weighted by atomic mass is 10.2. The summed E-state index contributed by atoms with van der Waals surface area (Å²) in [4.78, 5) is 3.97. The summed E-state index contributed by atoms with van der Waals surface area (Å²) < 4.78 is 28.3. The SMILES string of the molecule is Fc1ccc(F)c(CNCCCCn2ccnc2)c1. The third kappa shape index (κ3) is 4.44. The Bertz CT molecular complexity index is 497. The summed E-state index contributed by atoms with van der Waals surface area (Å²) in [7, 11) is 0. The number of aromatic nitrogens is 2. The van der Waals surface area contributed by atoms with Crippen molar-refractivity contribution in [1.82, 2.24) is 14.9 Å². The lowest BCUT2D eigenvalue weighted by Gasteiger charge is -2.06. The topological polar surface area (TPSA) is 29.9 Å². The monoisotopic (exact) mass is 265 g/mol. The Morgan fingerprint density at radius 2 is 2.11 bits per heavy atom. The number of unbranched alkanes of at least 4 members (excludes halogenated alkanes) is 1. The molecule has 5 heteroatoms. The maximum absolute atomic E-state index is 13.3. The minimum Gasteiger partial charge on any atom is -0.337 e. The van der Waals surface area contributed by atoms with Crippen molar-refractivity contribution in [3.8, 4) is 0 Å². The summed E-state index contributed by atoms with van der Waals surface area (Å²) in [6.07, 6.45) is 7.47. The van der Waals surface area contributed by atoms with Crippen molar-refractivity contribution >= 4 is 0 Å². The molecule has 0 atom stereocenters. The van der Waals surface area contributed by atoms with Crippen LogP contribution < -0.4 is 5.32 Å². The summed E-state index contributed by atoms with van der Waals surface area (Å²) >= 11 is 0. The molecule has 0 amide bonds. The van der Waals surface area contributed by atoms with Gasteiger partial charge in [-0.1, -0.05) is 0 Å². The van der Waals surface area contributed by atoms with Gasteiger partial charge in [0.25, 0.3) is 0 Å². The van der Waals surface area contributed by atoms with Crippen LogP contribution in [0.3, 0.4) is 0 Å². The van der Waals surface area contributed by atoms with Gasteiger partial charge in [-0.2, -0.15) is 0 Å². The summed E-state index contributed by atoms with van der Waals surface area (Å²) in [5.74, 6) is -0.773. The van der Waals surface area contributed by atoms with Crippen LogP contribution >= 0.6 is 0 Å². The molecule has 3 nitrogen and oxygen atoms in total. The average Bonchev–Trinajstić information content (AvgIpc) is 2.90. The molecule has 0 saturated carbocycles. The molecule has 0 aliphatic rings. The van der Waals surface area contributed by atoms with E-state index >= 15 is 0 Å². The van der Waals surface area contributed by atoms with Crippen LogP contribution in [0.4, 0.5) is 8.78 Å². The van der Waals surface area contributed by atoms with Gasteiger partial charge in [0.1, 0.15) is 11.6 Å². The summed E-state index contributed by atoms with van der Waals surface area (Å²) in [6, 6.07) is 3.52. The Kier molecular flexibility index (Phi) is 5.03. The van der Waals surface area contributed by atoms with Gasteiger partial charge in [-0.15, -0.1) is 0 Å². The largest absolute Gasteiger partial charge is 0.337 e. The Morgan fingerprint density at radius 3 is 2.89 bits per heavy atom. The van der Waals surface area contributed by atoms with Gasteiger partial charge in [0.15, 0.2) is 0 Å². The van der Waals surface area contributed by atoms with E-state index in [4.69, 9.17) is 0 Å². The van der Waals surface area contributed by atoms with Gasteiger partial charge >= 0.3 is 0 Å². The standard InChI is InChI=1S/C14H17F2N3/c15-13-3-4-14(16)12(9-13)10-17-5-1-2-7-19-8-6-18-11-19/h3-4,6,8-9,11,17H,1-2,5,7,10H2. The molecule has 0 fully saturated rings. The van der Waals surface area contributed by atoms with E-state index in [1.54, 1.807) is 12.5 Å². The minimum atomic E-state index is -0.404. The third-order valence-electron chi connectivity index (χ3n) is 2.90. The number of aryl methyl sites for hydroxylation is 1. The van der Waals surface area contributed by atoms with Crippen LogP contribution in [0.2, 0.25) is 0 Å². The molecular formula is C14H17F2N3. The van der Waals surface area contributed by atoms with Gasteiger partial charge in [0.2, 0.25) is 0 Å². The van der Waals surface area contributed by atoms with E-state index in [2.05, 4.69) is 10.3 Å². The smallest absolute Gasteiger partial charge is 0.127 e. The van der Waals surface area contributed by atoms with Crippen molar-refractivity contribution in [3.63, 3.8) is 0 Å². The first kappa shape index (κ1) is 13.7. The third-order valence-corrected chi connectivity index (χ3v) is 2.90. The Balaban J connectivity index is 1.62. The van der Waals surface area contributed by atoms with Gasteiger partial charge in [-0.25, -0.2) is 13.8 Å².